The van der Waals surface area contributed by atoms with Gasteiger partial charge in [0, 0.05) is 22.7 Å². The molecule has 3 aliphatic rings. The Labute approximate surface area is 155 Å². The van der Waals surface area contributed by atoms with Crippen molar-refractivity contribution in [3.05, 3.63) is 63.8 Å². The van der Waals surface area contributed by atoms with Crippen LogP contribution in [0.3, 0.4) is 0 Å². The van der Waals surface area contributed by atoms with E-state index in [9.17, 15) is 4.79 Å². The molecule has 1 atom stereocenters. The van der Waals surface area contributed by atoms with Crippen molar-refractivity contribution in [2.45, 2.75) is 25.4 Å². The molecule has 132 valence electrons. The zero-order chi connectivity index (χ0) is 18.1. The molecule has 6 heteroatoms. The molecule has 0 amide bonds. The van der Waals surface area contributed by atoms with Gasteiger partial charge in [0.25, 0.3) is 0 Å². The molecule has 3 heterocycles. The van der Waals surface area contributed by atoms with E-state index >= 15 is 0 Å². The average Bonchev–Trinajstić information content (AvgIpc) is 3.13. The van der Waals surface area contributed by atoms with Crippen molar-refractivity contribution in [3.63, 3.8) is 0 Å². The summed E-state index contributed by atoms with van der Waals surface area (Å²) < 4.78 is 16.7. The van der Waals surface area contributed by atoms with Crippen molar-refractivity contribution in [2.24, 2.45) is 0 Å². The zero-order valence-electron chi connectivity index (χ0n) is 14.3. The number of hydrogen-bond acceptors (Lipinski definition) is 5. The summed E-state index contributed by atoms with van der Waals surface area (Å²) in [6.07, 6.45) is 0. The predicted octanol–water partition coefficient (Wildman–Crippen LogP) is 4.22. The molecule has 0 bridgehead atoms. The van der Waals surface area contributed by atoms with E-state index in [4.69, 9.17) is 25.8 Å². The van der Waals surface area contributed by atoms with Crippen LogP contribution in [0.1, 0.15) is 30.9 Å². The monoisotopic (exact) mass is 369 g/mol. The van der Waals surface area contributed by atoms with E-state index in [1.54, 1.807) is 0 Å². The largest absolute Gasteiger partial charge is 0.454 e. The molecular formula is C20H16ClNO4. The van der Waals surface area contributed by atoms with Crippen LogP contribution in [0.4, 0.5) is 5.69 Å². The molecule has 0 radical (unpaired) electrons. The molecule has 0 spiro atoms. The van der Waals surface area contributed by atoms with Crippen LogP contribution in [0.5, 0.6) is 11.5 Å². The van der Waals surface area contributed by atoms with E-state index in [1.807, 2.05) is 50.2 Å². The summed E-state index contributed by atoms with van der Waals surface area (Å²) in [7, 11) is 0. The van der Waals surface area contributed by atoms with Gasteiger partial charge < -0.3 is 19.5 Å². The minimum atomic E-state index is -0.725. The predicted molar refractivity (Wildman–Crippen MR) is 96.7 cm³/mol. The minimum absolute atomic E-state index is 0.195. The second-order valence-electron chi connectivity index (χ2n) is 7.09. The van der Waals surface area contributed by atoms with Gasteiger partial charge in [-0.1, -0.05) is 23.7 Å². The number of nitrogens with one attached hydrogen (secondary N) is 1. The van der Waals surface area contributed by atoms with Gasteiger partial charge in [0.2, 0.25) is 6.79 Å². The van der Waals surface area contributed by atoms with Crippen molar-refractivity contribution in [2.75, 3.05) is 12.1 Å². The van der Waals surface area contributed by atoms with Gasteiger partial charge in [-0.25, -0.2) is 4.79 Å². The van der Waals surface area contributed by atoms with Crippen LogP contribution < -0.4 is 14.8 Å². The van der Waals surface area contributed by atoms with Gasteiger partial charge in [-0.15, -0.1) is 0 Å². The summed E-state index contributed by atoms with van der Waals surface area (Å²) >= 11 is 6.23. The van der Waals surface area contributed by atoms with Gasteiger partial charge in [-0.3, -0.25) is 0 Å². The van der Waals surface area contributed by atoms with Crippen LogP contribution in [-0.4, -0.2) is 18.4 Å². The summed E-state index contributed by atoms with van der Waals surface area (Å²) in [4.78, 5) is 12.7. The van der Waals surface area contributed by atoms with Crippen LogP contribution in [-0.2, 0) is 9.53 Å². The number of carbonyl (C=O) groups excluding carboxylic acids is 1. The first kappa shape index (κ1) is 15.6. The molecule has 0 fully saturated rings. The first-order chi connectivity index (χ1) is 12.4. The third-order valence-electron chi connectivity index (χ3n) is 5.03. The lowest BCUT2D eigenvalue weighted by atomic mass is 9.79. The first-order valence-electron chi connectivity index (χ1n) is 8.38. The minimum Gasteiger partial charge on any atom is -0.454 e. The Balaban J connectivity index is 1.78. The second-order valence-corrected chi connectivity index (χ2v) is 7.53. The zero-order valence-corrected chi connectivity index (χ0v) is 15.0. The molecular weight excluding hydrogens is 354 g/mol. The maximum Gasteiger partial charge on any atom is 0.337 e. The second kappa shape index (κ2) is 5.17. The fraction of sp³-hybridized carbons (Fsp3) is 0.250. The lowest BCUT2D eigenvalue weighted by molar-refractivity contribution is -0.144. The number of anilines is 1. The number of cyclic esters (lactones) is 1. The van der Waals surface area contributed by atoms with E-state index in [-0.39, 0.29) is 18.7 Å². The van der Waals surface area contributed by atoms with Crippen molar-refractivity contribution < 1.29 is 19.0 Å². The average molecular weight is 370 g/mol. The van der Waals surface area contributed by atoms with Gasteiger partial charge in [0.05, 0.1) is 11.3 Å². The normalized spacial score (nSPS) is 21.8. The molecule has 2 aromatic carbocycles. The van der Waals surface area contributed by atoms with Crippen LogP contribution in [0.25, 0.3) is 0 Å². The molecule has 5 nitrogen and oxygen atoms in total. The Morgan fingerprint density at radius 3 is 2.69 bits per heavy atom. The number of carbonyl (C=O) groups is 1. The van der Waals surface area contributed by atoms with Crippen molar-refractivity contribution in [1.82, 2.24) is 0 Å². The number of rotatable bonds is 1. The lowest BCUT2D eigenvalue weighted by Gasteiger charge is -2.30. The first-order valence-corrected chi connectivity index (χ1v) is 8.76. The molecule has 0 aromatic heterocycles. The number of halogens is 1. The molecule has 0 saturated carbocycles. The van der Waals surface area contributed by atoms with Crippen LogP contribution in [0.15, 0.2) is 47.7 Å². The van der Waals surface area contributed by atoms with Gasteiger partial charge >= 0.3 is 5.97 Å². The fourth-order valence-electron chi connectivity index (χ4n) is 3.87. The van der Waals surface area contributed by atoms with E-state index in [1.165, 1.54) is 0 Å². The molecule has 1 N–H and O–H groups in total. The molecule has 5 rings (SSSR count). The van der Waals surface area contributed by atoms with Crippen LogP contribution in [0.2, 0.25) is 5.02 Å². The quantitative estimate of drug-likeness (QED) is 0.763. The van der Waals surface area contributed by atoms with E-state index < -0.39 is 5.60 Å². The topological polar surface area (TPSA) is 56.8 Å². The highest BCUT2D eigenvalue weighted by atomic mass is 35.5. The van der Waals surface area contributed by atoms with Gasteiger partial charge in [-0.2, -0.15) is 0 Å². The van der Waals surface area contributed by atoms with Gasteiger partial charge in [0.1, 0.15) is 5.60 Å². The van der Waals surface area contributed by atoms with Gasteiger partial charge in [-0.05, 0) is 43.2 Å². The maximum atomic E-state index is 12.7. The van der Waals surface area contributed by atoms with Crippen molar-refractivity contribution in [3.8, 4) is 11.5 Å². The van der Waals surface area contributed by atoms with E-state index in [2.05, 4.69) is 5.32 Å². The van der Waals surface area contributed by atoms with Crippen molar-refractivity contribution >= 4 is 23.3 Å². The molecule has 0 aliphatic carbocycles. The van der Waals surface area contributed by atoms with Crippen LogP contribution >= 0.6 is 11.6 Å². The molecule has 2 aromatic rings. The fourth-order valence-corrected chi connectivity index (χ4v) is 4.07. The highest BCUT2D eigenvalue weighted by molar-refractivity contribution is 6.30. The van der Waals surface area contributed by atoms with Crippen LogP contribution in [0, 0.1) is 0 Å². The summed E-state index contributed by atoms with van der Waals surface area (Å²) in [6.45, 7) is 3.96. The highest BCUT2D eigenvalue weighted by Gasteiger charge is 2.47. The van der Waals surface area contributed by atoms with Crippen molar-refractivity contribution in [1.29, 1.82) is 0 Å². The third-order valence-corrected chi connectivity index (χ3v) is 5.26. The summed E-state index contributed by atoms with van der Waals surface area (Å²) in [6, 6.07) is 11.4. The highest BCUT2D eigenvalue weighted by Crippen LogP contribution is 2.51. The molecule has 1 unspecified atom stereocenters. The summed E-state index contributed by atoms with van der Waals surface area (Å²) in [5.74, 6) is 0.759. The smallest absolute Gasteiger partial charge is 0.337 e. The number of ether oxygens (including phenoxy) is 3. The lowest BCUT2D eigenvalue weighted by Crippen LogP contribution is -2.29. The summed E-state index contributed by atoms with van der Waals surface area (Å²) in [5.41, 5.74) is 3.41. The Hall–Kier alpha value is -2.66. The third kappa shape index (κ3) is 2.13. The number of benzene rings is 2. The Morgan fingerprint density at radius 2 is 1.92 bits per heavy atom. The number of fused-ring (bicyclic) bond motifs is 2. The Bertz CT molecular complexity index is 995. The van der Waals surface area contributed by atoms with E-state index in [0.29, 0.717) is 22.1 Å². The molecule has 0 saturated heterocycles. The van der Waals surface area contributed by atoms with Gasteiger partial charge in [0.15, 0.2) is 11.5 Å². The SMILES string of the molecule is CC1(C)OC(=O)C2=C1Nc1cc3c(cc1C2c1cccc(Cl)c1)OCO3. The number of esters is 1. The standard InChI is InChI=1S/C20H16ClNO4/c1-20(2)18-17(19(23)26-20)16(10-4-3-5-11(21)6-10)12-7-14-15(25-9-24-14)8-13(12)22-18/h3-8,16,22H,9H2,1-2H3. The maximum absolute atomic E-state index is 12.7. The molecule has 3 aliphatic heterocycles. The number of hydrogen-bond donors (Lipinski definition) is 1. The van der Waals surface area contributed by atoms with E-state index in [0.717, 1.165) is 22.5 Å². The Morgan fingerprint density at radius 1 is 1.15 bits per heavy atom. The summed E-state index contributed by atoms with van der Waals surface area (Å²) in [5, 5.41) is 4.01. The Kier molecular flexibility index (Phi) is 3.10. The molecule has 26 heavy (non-hydrogen) atoms.